The Hall–Kier alpha value is -1.74. The summed E-state index contributed by atoms with van der Waals surface area (Å²) in [6.07, 6.45) is 0.673. The molecular weight excluding hydrogens is 473 g/mol. The third kappa shape index (κ3) is 5.25. The van der Waals surface area contributed by atoms with E-state index in [-0.39, 0.29) is 18.5 Å². The van der Waals surface area contributed by atoms with Gasteiger partial charge in [-0.25, -0.2) is 14.6 Å². The van der Waals surface area contributed by atoms with Crippen molar-refractivity contribution in [1.29, 1.82) is 0 Å². The standard InChI is InChI=1S/C19H30N5O9P/c1-31-9-14(34(28,29)30)32-8-12-15(26)16(27)19(33-12)24-18-11(6-20-24)17(22-13(7-25)23-18)21-10-4-2-3-5-10/h6,10,12,14-16,19,25-27H,2-5,7-9H2,1H3,(H,21,22,23)(H2,28,29,30)/t12-,14?,15-,16-,19-/m1/s1. The maximum absolute atomic E-state index is 11.6. The van der Waals surface area contributed by atoms with E-state index in [1.807, 2.05) is 0 Å². The number of methoxy groups -OCH3 is 1. The summed E-state index contributed by atoms with van der Waals surface area (Å²) in [7, 11) is -3.35. The van der Waals surface area contributed by atoms with Gasteiger partial charge in [-0.15, -0.1) is 0 Å². The molecule has 3 heterocycles. The molecule has 14 nitrogen and oxygen atoms in total. The lowest BCUT2D eigenvalue weighted by Crippen LogP contribution is -2.35. The van der Waals surface area contributed by atoms with Gasteiger partial charge in [0.05, 0.1) is 24.8 Å². The van der Waals surface area contributed by atoms with E-state index >= 15 is 0 Å². The highest BCUT2D eigenvalue weighted by Crippen LogP contribution is 2.42. The fraction of sp³-hybridized carbons (Fsp3) is 0.737. The van der Waals surface area contributed by atoms with Gasteiger partial charge in [0.1, 0.15) is 30.7 Å². The fourth-order valence-corrected chi connectivity index (χ4v) is 4.88. The first-order chi connectivity index (χ1) is 16.2. The van der Waals surface area contributed by atoms with Crippen LogP contribution in [0.15, 0.2) is 6.20 Å². The Bertz CT molecular complexity index is 1030. The van der Waals surface area contributed by atoms with Crippen LogP contribution in [0.3, 0.4) is 0 Å². The number of anilines is 1. The number of fused-ring (bicyclic) bond motifs is 1. The quantitative estimate of drug-likeness (QED) is 0.226. The second kappa shape index (κ2) is 10.5. The number of hydrogen-bond donors (Lipinski definition) is 6. The van der Waals surface area contributed by atoms with Crippen LogP contribution in [0.1, 0.15) is 37.7 Å². The summed E-state index contributed by atoms with van der Waals surface area (Å²) in [4.78, 5) is 27.5. The van der Waals surface area contributed by atoms with Crippen LogP contribution >= 0.6 is 7.60 Å². The van der Waals surface area contributed by atoms with Crippen molar-refractivity contribution < 1.29 is 43.9 Å². The zero-order valence-electron chi connectivity index (χ0n) is 18.6. The van der Waals surface area contributed by atoms with Gasteiger partial charge in [0, 0.05) is 13.2 Å². The second-order valence-corrected chi connectivity index (χ2v) is 10.2. The van der Waals surface area contributed by atoms with Crippen molar-refractivity contribution >= 4 is 24.4 Å². The number of hydrogen-bond acceptors (Lipinski definition) is 11. The highest BCUT2D eigenvalue weighted by molar-refractivity contribution is 7.52. The number of nitrogens with one attached hydrogen (secondary N) is 1. The number of aliphatic hydroxyl groups excluding tert-OH is 3. The predicted octanol–water partition coefficient (Wildman–Crippen LogP) is -0.541. The maximum Gasteiger partial charge on any atom is 0.356 e. The highest BCUT2D eigenvalue weighted by atomic mass is 31.2. The van der Waals surface area contributed by atoms with Crippen LogP contribution in [0, 0.1) is 0 Å². The molecule has 6 N–H and O–H groups in total. The van der Waals surface area contributed by atoms with E-state index in [0.29, 0.717) is 16.9 Å². The highest BCUT2D eigenvalue weighted by Gasteiger charge is 2.46. The Kier molecular flexibility index (Phi) is 7.82. The monoisotopic (exact) mass is 503 g/mol. The molecular formula is C19H30N5O9P. The van der Waals surface area contributed by atoms with Crippen LogP contribution in [0.4, 0.5) is 5.82 Å². The summed E-state index contributed by atoms with van der Waals surface area (Å²) < 4.78 is 28.7. The Morgan fingerprint density at radius 3 is 2.65 bits per heavy atom. The Labute approximate surface area is 195 Å². The first-order valence-corrected chi connectivity index (χ1v) is 12.7. The first-order valence-electron chi connectivity index (χ1n) is 11.0. The molecule has 2 aromatic rings. The number of aliphatic hydroxyl groups is 3. The van der Waals surface area contributed by atoms with Gasteiger partial charge in [0.2, 0.25) is 0 Å². The maximum atomic E-state index is 11.6. The van der Waals surface area contributed by atoms with Crippen LogP contribution in [-0.2, 0) is 25.4 Å². The van der Waals surface area contributed by atoms with Gasteiger partial charge in [-0.3, -0.25) is 4.57 Å². The van der Waals surface area contributed by atoms with Gasteiger partial charge in [-0.1, -0.05) is 12.8 Å². The van der Waals surface area contributed by atoms with Crippen molar-refractivity contribution in [2.45, 2.75) is 68.7 Å². The largest absolute Gasteiger partial charge is 0.388 e. The van der Waals surface area contributed by atoms with E-state index in [9.17, 15) is 29.7 Å². The summed E-state index contributed by atoms with van der Waals surface area (Å²) in [6, 6.07) is 0.249. The molecule has 34 heavy (non-hydrogen) atoms. The van der Waals surface area contributed by atoms with Gasteiger partial charge >= 0.3 is 7.60 Å². The molecule has 2 aromatic heterocycles. The summed E-state index contributed by atoms with van der Waals surface area (Å²) in [5, 5.41) is 39.0. The average molecular weight is 503 g/mol. The molecule has 0 amide bonds. The van der Waals surface area contributed by atoms with Crippen molar-refractivity contribution in [3.8, 4) is 0 Å². The molecule has 2 aliphatic rings. The summed E-state index contributed by atoms with van der Waals surface area (Å²) >= 11 is 0. The number of rotatable bonds is 10. The van der Waals surface area contributed by atoms with E-state index in [2.05, 4.69) is 20.4 Å². The first kappa shape index (κ1) is 25.4. The molecule has 0 radical (unpaired) electrons. The predicted molar refractivity (Wildman–Crippen MR) is 117 cm³/mol. The number of aromatic nitrogens is 4. The fourth-order valence-electron chi connectivity index (χ4n) is 4.26. The lowest BCUT2D eigenvalue weighted by molar-refractivity contribution is -0.0826. The molecule has 1 saturated carbocycles. The lowest BCUT2D eigenvalue weighted by atomic mass is 10.1. The normalized spacial score (nSPS) is 27.0. The topological polar surface area (TPSA) is 202 Å². The third-order valence-electron chi connectivity index (χ3n) is 6.05. The minimum Gasteiger partial charge on any atom is -0.388 e. The summed E-state index contributed by atoms with van der Waals surface area (Å²) in [5.41, 5.74) is 0.296. The van der Waals surface area contributed by atoms with Gasteiger partial charge in [-0.05, 0) is 12.8 Å². The van der Waals surface area contributed by atoms with Crippen molar-refractivity contribution in [2.24, 2.45) is 0 Å². The molecule has 1 aliphatic carbocycles. The molecule has 0 spiro atoms. The van der Waals surface area contributed by atoms with Crippen LogP contribution in [-0.4, -0.2) is 95.4 Å². The van der Waals surface area contributed by atoms with Crippen LogP contribution in [0.2, 0.25) is 0 Å². The van der Waals surface area contributed by atoms with Gasteiger partial charge in [-0.2, -0.15) is 5.10 Å². The van der Waals surface area contributed by atoms with Crippen LogP contribution in [0.5, 0.6) is 0 Å². The van der Waals surface area contributed by atoms with E-state index in [1.54, 1.807) is 0 Å². The van der Waals surface area contributed by atoms with Crippen LogP contribution < -0.4 is 5.32 Å². The minimum atomic E-state index is -4.62. The van der Waals surface area contributed by atoms with Gasteiger partial charge < -0.3 is 44.6 Å². The van der Waals surface area contributed by atoms with Gasteiger partial charge in [0.25, 0.3) is 0 Å². The van der Waals surface area contributed by atoms with E-state index < -0.39 is 51.2 Å². The SMILES string of the molecule is COCC(OC[C@H]1O[C@@H](n2ncc3c(NC4CCCC4)nc(CO)nc32)[C@H](O)[C@@H]1O)P(=O)(O)O. The summed E-state index contributed by atoms with van der Waals surface area (Å²) in [6.45, 7) is -1.17. The van der Waals surface area contributed by atoms with Gasteiger partial charge in [0.15, 0.2) is 23.5 Å². The van der Waals surface area contributed by atoms with Crippen molar-refractivity contribution in [1.82, 2.24) is 19.7 Å². The molecule has 1 aliphatic heterocycles. The van der Waals surface area contributed by atoms with Crippen molar-refractivity contribution in [3.05, 3.63) is 12.0 Å². The number of ether oxygens (including phenoxy) is 3. The van der Waals surface area contributed by atoms with Crippen molar-refractivity contribution in [3.63, 3.8) is 0 Å². The second-order valence-electron chi connectivity index (χ2n) is 8.48. The number of nitrogens with zero attached hydrogens (tertiary/aromatic N) is 4. The van der Waals surface area contributed by atoms with E-state index in [1.165, 1.54) is 18.0 Å². The minimum absolute atomic E-state index is 0.159. The van der Waals surface area contributed by atoms with E-state index in [0.717, 1.165) is 25.7 Å². The molecule has 4 rings (SSSR count). The molecule has 190 valence electrons. The average Bonchev–Trinajstić information content (AvgIpc) is 3.52. The molecule has 0 bridgehead atoms. The molecule has 0 aromatic carbocycles. The summed E-state index contributed by atoms with van der Waals surface area (Å²) in [5.74, 6) is -0.866. The molecule has 1 unspecified atom stereocenters. The van der Waals surface area contributed by atoms with E-state index in [4.69, 9.17) is 14.2 Å². The Balaban J connectivity index is 1.56. The zero-order chi connectivity index (χ0) is 24.5. The smallest absolute Gasteiger partial charge is 0.356 e. The third-order valence-corrected chi connectivity index (χ3v) is 7.10. The molecule has 5 atom stereocenters. The van der Waals surface area contributed by atoms with Crippen LogP contribution in [0.25, 0.3) is 11.0 Å². The molecule has 1 saturated heterocycles. The molecule has 2 fully saturated rings. The lowest BCUT2D eigenvalue weighted by Gasteiger charge is -2.21. The zero-order valence-corrected chi connectivity index (χ0v) is 19.5. The van der Waals surface area contributed by atoms with Crippen molar-refractivity contribution in [2.75, 3.05) is 25.6 Å². The Morgan fingerprint density at radius 1 is 1.26 bits per heavy atom. The Morgan fingerprint density at radius 2 is 2.00 bits per heavy atom. The molecule has 15 heteroatoms.